The lowest BCUT2D eigenvalue weighted by atomic mass is 10.0. The highest BCUT2D eigenvalue weighted by Crippen LogP contribution is 2.33. The van der Waals surface area contributed by atoms with E-state index in [1.807, 2.05) is 25.4 Å². The number of fused-ring (bicyclic) bond motifs is 1. The van der Waals surface area contributed by atoms with Gasteiger partial charge >= 0.3 is 0 Å². The number of hydrogen-bond acceptors (Lipinski definition) is 4. The van der Waals surface area contributed by atoms with Crippen molar-refractivity contribution in [2.24, 2.45) is 7.05 Å². The molecule has 0 saturated carbocycles. The quantitative estimate of drug-likeness (QED) is 0.570. The van der Waals surface area contributed by atoms with Crippen LogP contribution in [0.5, 0.6) is 0 Å². The van der Waals surface area contributed by atoms with Gasteiger partial charge < -0.3 is 0 Å². The van der Waals surface area contributed by atoms with E-state index in [2.05, 4.69) is 20.1 Å². The van der Waals surface area contributed by atoms with E-state index in [1.165, 1.54) is 12.3 Å². The topological polar surface area (TPSA) is 56.5 Å². The second-order valence-corrected chi connectivity index (χ2v) is 5.18. The fraction of sp³-hybridized carbons (Fsp3) is 0.0588. The van der Waals surface area contributed by atoms with Crippen molar-refractivity contribution in [1.82, 2.24) is 24.7 Å². The van der Waals surface area contributed by atoms with Gasteiger partial charge in [0, 0.05) is 42.8 Å². The van der Waals surface area contributed by atoms with Crippen LogP contribution >= 0.6 is 0 Å². The fourth-order valence-corrected chi connectivity index (χ4v) is 2.61. The SMILES string of the molecule is Cn1cc(-c2ccnc3ccncc23)c(-c2ccc(F)cn2)n1. The van der Waals surface area contributed by atoms with Crippen LogP contribution < -0.4 is 0 Å². The Morgan fingerprint density at radius 2 is 1.87 bits per heavy atom. The van der Waals surface area contributed by atoms with E-state index < -0.39 is 0 Å². The fourth-order valence-electron chi connectivity index (χ4n) is 2.61. The Hall–Kier alpha value is -3.15. The summed E-state index contributed by atoms with van der Waals surface area (Å²) >= 11 is 0. The lowest BCUT2D eigenvalue weighted by molar-refractivity contribution is 0.621. The standard InChI is InChI=1S/C17H12FN5/c1-23-10-14(17(22-23)16-3-2-11(18)8-21-16)12-4-7-20-15-5-6-19-9-13(12)15/h2-10H,1H3. The maximum absolute atomic E-state index is 13.1. The summed E-state index contributed by atoms with van der Waals surface area (Å²) in [4.78, 5) is 12.7. The molecule has 0 unspecified atom stereocenters. The van der Waals surface area contributed by atoms with Crippen LogP contribution in [-0.4, -0.2) is 24.7 Å². The third kappa shape index (κ3) is 2.34. The van der Waals surface area contributed by atoms with Crippen molar-refractivity contribution in [3.63, 3.8) is 0 Å². The van der Waals surface area contributed by atoms with Crippen LogP contribution in [-0.2, 0) is 7.05 Å². The Kier molecular flexibility index (Phi) is 3.08. The Bertz CT molecular complexity index is 986. The van der Waals surface area contributed by atoms with Crippen LogP contribution in [0.25, 0.3) is 33.4 Å². The number of aromatic nitrogens is 5. The third-order valence-corrected chi connectivity index (χ3v) is 3.63. The largest absolute Gasteiger partial charge is 0.274 e. The molecule has 0 aliphatic carbocycles. The molecule has 0 bridgehead atoms. The Morgan fingerprint density at radius 3 is 2.70 bits per heavy atom. The molecule has 4 aromatic heterocycles. The van der Waals surface area contributed by atoms with Crippen LogP contribution in [0.3, 0.4) is 0 Å². The van der Waals surface area contributed by atoms with Crippen LogP contribution in [0.2, 0.25) is 0 Å². The second kappa shape index (κ2) is 5.24. The third-order valence-electron chi connectivity index (χ3n) is 3.63. The lowest BCUT2D eigenvalue weighted by Gasteiger charge is -2.05. The molecule has 0 spiro atoms. The monoisotopic (exact) mass is 305 g/mol. The molecular weight excluding hydrogens is 293 g/mol. The molecule has 0 amide bonds. The van der Waals surface area contributed by atoms with E-state index in [9.17, 15) is 4.39 Å². The van der Waals surface area contributed by atoms with Crippen LogP contribution in [0.1, 0.15) is 0 Å². The number of aryl methyl sites for hydroxylation is 1. The number of nitrogens with zero attached hydrogens (tertiary/aromatic N) is 5. The first-order valence-corrected chi connectivity index (χ1v) is 7.07. The van der Waals surface area contributed by atoms with Gasteiger partial charge in [0.25, 0.3) is 0 Å². The number of pyridine rings is 3. The van der Waals surface area contributed by atoms with Crippen LogP contribution in [0.15, 0.2) is 55.2 Å². The number of hydrogen-bond donors (Lipinski definition) is 0. The van der Waals surface area contributed by atoms with Gasteiger partial charge in [-0.15, -0.1) is 0 Å². The zero-order chi connectivity index (χ0) is 15.8. The summed E-state index contributed by atoms with van der Waals surface area (Å²) in [5.41, 5.74) is 4.06. The van der Waals surface area contributed by atoms with Crippen LogP contribution in [0, 0.1) is 5.82 Å². The first-order chi connectivity index (χ1) is 11.2. The van der Waals surface area contributed by atoms with Gasteiger partial charge in [-0.25, -0.2) is 4.39 Å². The van der Waals surface area contributed by atoms with Gasteiger partial charge in [-0.1, -0.05) is 0 Å². The van der Waals surface area contributed by atoms with Gasteiger partial charge in [0.2, 0.25) is 0 Å². The highest BCUT2D eigenvalue weighted by atomic mass is 19.1. The highest BCUT2D eigenvalue weighted by molar-refractivity contribution is 5.96. The molecule has 4 rings (SSSR count). The lowest BCUT2D eigenvalue weighted by Crippen LogP contribution is -1.91. The van der Waals surface area contributed by atoms with E-state index >= 15 is 0 Å². The zero-order valence-electron chi connectivity index (χ0n) is 12.3. The smallest absolute Gasteiger partial charge is 0.141 e. The summed E-state index contributed by atoms with van der Waals surface area (Å²) in [6, 6.07) is 6.80. The predicted molar refractivity (Wildman–Crippen MR) is 84.9 cm³/mol. The van der Waals surface area contributed by atoms with Gasteiger partial charge in [-0.05, 0) is 29.8 Å². The first-order valence-electron chi connectivity index (χ1n) is 7.07. The molecule has 0 aliphatic rings. The second-order valence-electron chi connectivity index (χ2n) is 5.18. The molecule has 0 fully saturated rings. The maximum atomic E-state index is 13.1. The molecule has 0 atom stereocenters. The summed E-state index contributed by atoms with van der Waals surface area (Å²) in [5, 5.41) is 5.42. The van der Waals surface area contributed by atoms with Crippen molar-refractivity contribution >= 4 is 10.9 Å². The van der Waals surface area contributed by atoms with Gasteiger partial charge in [-0.3, -0.25) is 19.6 Å². The minimum absolute atomic E-state index is 0.371. The van der Waals surface area contributed by atoms with E-state index in [4.69, 9.17) is 0 Å². The molecular formula is C17H12FN5. The zero-order valence-corrected chi connectivity index (χ0v) is 12.3. The van der Waals surface area contributed by atoms with Gasteiger partial charge in [0.15, 0.2) is 0 Å². The number of rotatable bonds is 2. The summed E-state index contributed by atoms with van der Waals surface area (Å²) in [7, 11) is 1.85. The van der Waals surface area contributed by atoms with E-state index in [1.54, 1.807) is 29.3 Å². The predicted octanol–water partition coefficient (Wildman–Crippen LogP) is 3.23. The van der Waals surface area contributed by atoms with Crippen LogP contribution in [0.4, 0.5) is 4.39 Å². The molecule has 0 radical (unpaired) electrons. The molecule has 112 valence electrons. The minimum Gasteiger partial charge on any atom is -0.274 e. The van der Waals surface area contributed by atoms with Gasteiger partial charge in [-0.2, -0.15) is 5.10 Å². The molecule has 0 aliphatic heterocycles. The van der Waals surface area contributed by atoms with E-state index in [0.717, 1.165) is 22.0 Å². The first kappa shape index (κ1) is 13.5. The molecule has 0 N–H and O–H groups in total. The van der Waals surface area contributed by atoms with Crippen molar-refractivity contribution in [3.8, 4) is 22.5 Å². The molecule has 6 heteroatoms. The van der Waals surface area contributed by atoms with E-state index in [-0.39, 0.29) is 5.82 Å². The molecule has 5 nitrogen and oxygen atoms in total. The molecule has 0 saturated heterocycles. The molecule has 4 heterocycles. The van der Waals surface area contributed by atoms with Crippen molar-refractivity contribution in [2.45, 2.75) is 0 Å². The highest BCUT2D eigenvalue weighted by Gasteiger charge is 2.15. The van der Waals surface area contributed by atoms with Crippen molar-refractivity contribution < 1.29 is 4.39 Å². The summed E-state index contributed by atoms with van der Waals surface area (Å²) in [6.45, 7) is 0. The molecule has 4 aromatic rings. The Morgan fingerprint density at radius 1 is 0.957 bits per heavy atom. The van der Waals surface area contributed by atoms with Crippen molar-refractivity contribution in [1.29, 1.82) is 0 Å². The number of halogens is 1. The Balaban J connectivity index is 1.97. The van der Waals surface area contributed by atoms with E-state index in [0.29, 0.717) is 11.4 Å². The average Bonchev–Trinajstić information content (AvgIpc) is 2.96. The average molecular weight is 305 g/mol. The van der Waals surface area contributed by atoms with Gasteiger partial charge in [0.05, 0.1) is 17.4 Å². The molecule has 23 heavy (non-hydrogen) atoms. The molecule has 0 aromatic carbocycles. The van der Waals surface area contributed by atoms with Gasteiger partial charge in [0.1, 0.15) is 11.5 Å². The summed E-state index contributed by atoms with van der Waals surface area (Å²) in [6.07, 6.45) is 8.37. The maximum Gasteiger partial charge on any atom is 0.141 e. The van der Waals surface area contributed by atoms with Crippen molar-refractivity contribution in [3.05, 3.63) is 61.1 Å². The van der Waals surface area contributed by atoms with Crippen molar-refractivity contribution in [2.75, 3.05) is 0 Å². The summed E-state index contributed by atoms with van der Waals surface area (Å²) in [5.74, 6) is -0.371. The normalized spacial score (nSPS) is 11.0. The summed E-state index contributed by atoms with van der Waals surface area (Å²) < 4.78 is 14.9. The minimum atomic E-state index is -0.371. The Labute approximate surface area is 131 Å².